The van der Waals surface area contributed by atoms with Crippen LogP contribution in [0.25, 0.3) is 0 Å². The van der Waals surface area contributed by atoms with Crippen molar-refractivity contribution < 1.29 is 14.7 Å². The van der Waals surface area contributed by atoms with E-state index >= 15 is 0 Å². The lowest BCUT2D eigenvalue weighted by Gasteiger charge is -2.29. The summed E-state index contributed by atoms with van der Waals surface area (Å²) in [5, 5.41) is 8.70. The SMILES string of the molecule is CC(CCCCCO)=C1C(=O)CC(C)(C)CC1=O. The van der Waals surface area contributed by atoms with Gasteiger partial charge in [0.2, 0.25) is 0 Å². The second-order valence-electron chi connectivity index (χ2n) is 6.05. The standard InChI is InChI=1S/C15H24O3/c1-11(7-5-4-6-8-16)14-12(17)9-15(2,3)10-13(14)18/h16H,4-10H2,1-3H3. The van der Waals surface area contributed by atoms with E-state index in [4.69, 9.17) is 5.11 Å². The predicted octanol–water partition coefficient (Wildman–Crippen LogP) is 2.81. The summed E-state index contributed by atoms with van der Waals surface area (Å²) in [5.74, 6) is 0.0202. The molecule has 0 spiro atoms. The Morgan fingerprint density at radius 2 is 1.67 bits per heavy atom. The molecule has 18 heavy (non-hydrogen) atoms. The van der Waals surface area contributed by atoms with E-state index in [0.29, 0.717) is 18.4 Å². The van der Waals surface area contributed by atoms with Gasteiger partial charge in [-0.15, -0.1) is 0 Å². The van der Waals surface area contributed by atoms with E-state index in [1.807, 2.05) is 20.8 Å². The van der Waals surface area contributed by atoms with Crippen LogP contribution in [0.5, 0.6) is 0 Å². The molecule has 1 N–H and O–H groups in total. The minimum absolute atomic E-state index is 0.0101. The van der Waals surface area contributed by atoms with Gasteiger partial charge in [0.1, 0.15) is 0 Å². The van der Waals surface area contributed by atoms with E-state index in [0.717, 1.165) is 31.3 Å². The molecule has 1 aliphatic carbocycles. The number of Topliss-reactive ketones (excluding diaryl/α,β-unsaturated/α-hetero) is 2. The van der Waals surface area contributed by atoms with Crippen LogP contribution in [0, 0.1) is 5.41 Å². The van der Waals surface area contributed by atoms with Crippen LogP contribution in [0.4, 0.5) is 0 Å². The smallest absolute Gasteiger partial charge is 0.166 e. The van der Waals surface area contributed by atoms with E-state index < -0.39 is 0 Å². The van der Waals surface area contributed by atoms with Crippen molar-refractivity contribution in [2.45, 2.75) is 59.3 Å². The number of aliphatic hydroxyl groups is 1. The van der Waals surface area contributed by atoms with Gasteiger partial charge in [0.25, 0.3) is 0 Å². The molecule has 0 heterocycles. The summed E-state index contributed by atoms with van der Waals surface area (Å²) in [6.45, 7) is 6.04. The number of unbranched alkanes of at least 4 members (excludes halogenated alkanes) is 2. The van der Waals surface area contributed by atoms with Gasteiger partial charge in [0.15, 0.2) is 11.6 Å². The highest BCUT2D eigenvalue weighted by atomic mass is 16.2. The van der Waals surface area contributed by atoms with Crippen molar-refractivity contribution in [3.8, 4) is 0 Å². The van der Waals surface area contributed by atoms with E-state index in [1.54, 1.807) is 0 Å². The van der Waals surface area contributed by atoms with Crippen molar-refractivity contribution in [3.05, 3.63) is 11.1 Å². The molecule has 102 valence electrons. The maximum atomic E-state index is 12.0. The van der Waals surface area contributed by atoms with Crippen LogP contribution in [0.3, 0.4) is 0 Å². The highest BCUT2D eigenvalue weighted by Gasteiger charge is 2.36. The van der Waals surface area contributed by atoms with Crippen LogP contribution in [0.1, 0.15) is 59.3 Å². The number of aliphatic hydroxyl groups excluding tert-OH is 1. The second-order valence-corrected chi connectivity index (χ2v) is 6.05. The van der Waals surface area contributed by atoms with Crippen molar-refractivity contribution in [1.82, 2.24) is 0 Å². The third kappa shape index (κ3) is 4.05. The Morgan fingerprint density at radius 3 is 2.17 bits per heavy atom. The first-order chi connectivity index (χ1) is 8.37. The summed E-state index contributed by atoms with van der Waals surface area (Å²) in [5.41, 5.74) is 1.20. The Kier molecular flexibility index (Phi) is 5.27. The van der Waals surface area contributed by atoms with Gasteiger partial charge < -0.3 is 5.11 Å². The number of allylic oxidation sites excluding steroid dienone is 2. The van der Waals surface area contributed by atoms with Crippen molar-refractivity contribution >= 4 is 11.6 Å². The first kappa shape index (κ1) is 15.1. The minimum atomic E-state index is -0.186. The molecular weight excluding hydrogens is 228 g/mol. The van der Waals surface area contributed by atoms with Crippen LogP contribution < -0.4 is 0 Å². The molecule has 0 aromatic rings. The molecule has 1 saturated carbocycles. The third-order valence-corrected chi connectivity index (χ3v) is 3.47. The van der Waals surface area contributed by atoms with Gasteiger partial charge >= 0.3 is 0 Å². The fourth-order valence-electron chi connectivity index (χ4n) is 2.54. The van der Waals surface area contributed by atoms with Crippen LogP contribution in [0.15, 0.2) is 11.1 Å². The third-order valence-electron chi connectivity index (χ3n) is 3.47. The van der Waals surface area contributed by atoms with Crippen molar-refractivity contribution in [3.63, 3.8) is 0 Å². The first-order valence-electron chi connectivity index (χ1n) is 6.74. The maximum absolute atomic E-state index is 12.0. The quantitative estimate of drug-likeness (QED) is 0.465. The van der Waals surface area contributed by atoms with Crippen LogP contribution >= 0.6 is 0 Å². The molecule has 1 aliphatic rings. The Labute approximate surface area is 109 Å². The lowest BCUT2D eigenvalue weighted by molar-refractivity contribution is -0.127. The molecule has 1 fully saturated rings. The molecule has 3 nitrogen and oxygen atoms in total. The molecule has 3 heteroatoms. The van der Waals surface area contributed by atoms with E-state index in [9.17, 15) is 9.59 Å². The average molecular weight is 252 g/mol. The molecular formula is C15H24O3. The zero-order valence-electron chi connectivity index (χ0n) is 11.7. The molecule has 0 amide bonds. The molecule has 0 bridgehead atoms. The second kappa shape index (κ2) is 6.28. The lowest BCUT2D eigenvalue weighted by Crippen LogP contribution is -2.32. The largest absolute Gasteiger partial charge is 0.396 e. The zero-order valence-corrected chi connectivity index (χ0v) is 11.7. The summed E-state index contributed by atoms with van der Waals surface area (Å²) in [6, 6.07) is 0. The summed E-state index contributed by atoms with van der Waals surface area (Å²) >= 11 is 0. The molecule has 0 radical (unpaired) electrons. The molecule has 0 atom stereocenters. The Balaban J connectivity index is 2.68. The number of hydrogen-bond donors (Lipinski definition) is 1. The highest BCUT2D eigenvalue weighted by molar-refractivity contribution is 6.22. The Hall–Kier alpha value is -0.960. The predicted molar refractivity (Wildman–Crippen MR) is 71.3 cm³/mol. The molecule has 0 aromatic heterocycles. The molecule has 1 rings (SSSR count). The van der Waals surface area contributed by atoms with E-state index in [1.165, 1.54) is 0 Å². The van der Waals surface area contributed by atoms with Crippen molar-refractivity contribution in [2.75, 3.05) is 6.61 Å². The Morgan fingerprint density at radius 1 is 1.11 bits per heavy atom. The first-order valence-corrected chi connectivity index (χ1v) is 6.74. The molecule has 0 unspecified atom stereocenters. The zero-order chi connectivity index (χ0) is 13.8. The van der Waals surface area contributed by atoms with Gasteiger partial charge in [0, 0.05) is 19.4 Å². The number of ketones is 2. The lowest BCUT2D eigenvalue weighted by atomic mass is 9.73. The van der Waals surface area contributed by atoms with Crippen LogP contribution in [0.2, 0.25) is 0 Å². The summed E-state index contributed by atoms with van der Waals surface area (Å²) in [4.78, 5) is 24.1. The van der Waals surface area contributed by atoms with E-state index in [2.05, 4.69) is 0 Å². The van der Waals surface area contributed by atoms with Gasteiger partial charge in [0.05, 0.1) is 5.57 Å². The summed E-state index contributed by atoms with van der Waals surface area (Å²) < 4.78 is 0. The van der Waals surface area contributed by atoms with Gasteiger partial charge in [-0.1, -0.05) is 25.8 Å². The fourth-order valence-corrected chi connectivity index (χ4v) is 2.54. The van der Waals surface area contributed by atoms with Crippen LogP contribution in [-0.4, -0.2) is 23.3 Å². The normalized spacial score (nSPS) is 19.2. The fraction of sp³-hybridized carbons (Fsp3) is 0.733. The summed E-state index contributed by atoms with van der Waals surface area (Å²) in [7, 11) is 0. The van der Waals surface area contributed by atoms with E-state index in [-0.39, 0.29) is 23.6 Å². The maximum Gasteiger partial charge on any atom is 0.166 e. The summed E-state index contributed by atoms with van der Waals surface area (Å²) in [6.07, 6.45) is 4.39. The van der Waals surface area contributed by atoms with Crippen LogP contribution in [-0.2, 0) is 9.59 Å². The van der Waals surface area contributed by atoms with Gasteiger partial charge in [-0.25, -0.2) is 0 Å². The Bertz CT molecular complexity index is 342. The molecule has 0 aromatic carbocycles. The average Bonchev–Trinajstić information content (AvgIpc) is 2.21. The van der Waals surface area contributed by atoms with Gasteiger partial charge in [-0.3, -0.25) is 9.59 Å². The number of carbonyl (C=O) groups is 2. The molecule has 0 aliphatic heterocycles. The number of hydrogen-bond acceptors (Lipinski definition) is 3. The molecule has 0 saturated heterocycles. The highest BCUT2D eigenvalue weighted by Crippen LogP contribution is 2.35. The topological polar surface area (TPSA) is 54.4 Å². The number of carbonyl (C=O) groups excluding carboxylic acids is 2. The van der Waals surface area contributed by atoms with Gasteiger partial charge in [-0.05, 0) is 31.6 Å². The van der Waals surface area contributed by atoms with Crippen molar-refractivity contribution in [2.24, 2.45) is 5.41 Å². The minimum Gasteiger partial charge on any atom is -0.396 e. The monoisotopic (exact) mass is 252 g/mol. The number of rotatable bonds is 5. The van der Waals surface area contributed by atoms with Crippen molar-refractivity contribution in [1.29, 1.82) is 0 Å². The van der Waals surface area contributed by atoms with Gasteiger partial charge in [-0.2, -0.15) is 0 Å².